The molecule has 2 fully saturated rings. The van der Waals surface area contributed by atoms with Gasteiger partial charge in [0.05, 0.1) is 11.5 Å². The highest BCUT2D eigenvalue weighted by Gasteiger charge is 2.29. The van der Waals surface area contributed by atoms with Crippen molar-refractivity contribution in [3.63, 3.8) is 0 Å². The highest BCUT2D eigenvalue weighted by Crippen LogP contribution is 2.20. The van der Waals surface area contributed by atoms with E-state index >= 15 is 0 Å². The first kappa shape index (κ1) is 23.9. The molecule has 162 valence electrons. The van der Waals surface area contributed by atoms with Crippen LogP contribution in [0.4, 0.5) is 0 Å². The van der Waals surface area contributed by atoms with E-state index in [0.717, 1.165) is 31.9 Å². The fourth-order valence-electron chi connectivity index (χ4n) is 3.97. The molecule has 2 unspecified atom stereocenters. The first-order chi connectivity index (χ1) is 13.4. The Morgan fingerprint density at radius 3 is 2.66 bits per heavy atom. The molecule has 9 heteroatoms. The lowest BCUT2D eigenvalue weighted by Crippen LogP contribution is -2.42. The average molecular weight is 534 g/mol. The fourth-order valence-corrected chi connectivity index (χ4v) is 5.64. The van der Waals surface area contributed by atoms with E-state index in [-0.39, 0.29) is 47.4 Å². The quantitative estimate of drug-likeness (QED) is 0.328. The number of sulfone groups is 1. The van der Waals surface area contributed by atoms with Crippen molar-refractivity contribution in [1.82, 2.24) is 15.5 Å². The predicted octanol–water partition coefficient (Wildman–Crippen LogP) is 1.44. The molecule has 2 saturated heterocycles. The zero-order valence-corrected chi connectivity index (χ0v) is 20.0. The summed E-state index contributed by atoms with van der Waals surface area (Å²) in [6.07, 6.45) is 3.02. The lowest BCUT2D eigenvalue weighted by Gasteiger charge is -2.22. The van der Waals surface area contributed by atoms with Gasteiger partial charge >= 0.3 is 0 Å². The summed E-state index contributed by atoms with van der Waals surface area (Å²) in [5.74, 6) is 1.54. The van der Waals surface area contributed by atoms with Crippen molar-refractivity contribution in [1.29, 1.82) is 0 Å². The Labute approximate surface area is 190 Å². The van der Waals surface area contributed by atoms with Crippen LogP contribution in [0.15, 0.2) is 35.3 Å². The molecule has 1 aromatic rings. The molecular weight excluding hydrogens is 503 g/mol. The van der Waals surface area contributed by atoms with Gasteiger partial charge in [-0.25, -0.2) is 8.42 Å². The molecule has 0 aromatic heterocycles. The van der Waals surface area contributed by atoms with Gasteiger partial charge in [0, 0.05) is 39.1 Å². The lowest BCUT2D eigenvalue weighted by atomic mass is 9.99. The molecule has 0 saturated carbocycles. The summed E-state index contributed by atoms with van der Waals surface area (Å²) < 4.78 is 22.9. The van der Waals surface area contributed by atoms with Crippen LogP contribution in [0.25, 0.3) is 0 Å². The molecule has 1 amide bonds. The topological polar surface area (TPSA) is 90.9 Å². The molecule has 2 aliphatic heterocycles. The van der Waals surface area contributed by atoms with Crippen molar-refractivity contribution in [2.45, 2.75) is 31.7 Å². The van der Waals surface area contributed by atoms with Crippen molar-refractivity contribution in [3.05, 3.63) is 35.9 Å². The second kappa shape index (κ2) is 11.1. The van der Waals surface area contributed by atoms with Gasteiger partial charge in [-0.2, -0.15) is 0 Å². The van der Waals surface area contributed by atoms with Crippen LogP contribution in [0, 0.1) is 5.92 Å². The summed E-state index contributed by atoms with van der Waals surface area (Å²) in [6, 6.07) is 10.3. The number of nitrogens with one attached hydrogen (secondary N) is 2. The first-order valence-electron chi connectivity index (χ1n) is 9.94. The molecular formula is C20H31IN4O3S. The second-order valence-corrected chi connectivity index (χ2v) is 9.91. The Bertz CT molecular complexity index is 801. The summed E-state index contributed by atoms with van der Waals surface area (Å²) in [5, 5.41) is 6.08. The number of halogens is 1. The van der Waals surface area contributed by atoms with Gasteiger partial charge in [-0.15, -0.1) is 24.0 Å². The summed E-state index contributed by atoms with van der Waals surface area (Å²) in [7, 11) is -1.21. The highest BCUT2D eigenvalue weighted by molar-refractivity contribution is 14.0. The van der Waals surface area contributed by atoms with Gasteiger partial charge in [-0.3, -0.25) is 9.79 Å². The number of guanidine groups is 1. The normalized spacial score (nSPS) is 23.5. The van der Waals surface area contributed by atoms with Crippen molar-refractivity contribution >= 4 is 45.7 Å². The maximum absolute atomic E-state index is 12.1. The van der Waals surface area contributed by atoms with Crippen LogP contribution in [0.1, 0.15) is 24.8 Å². The molecule has 0 spiro atoms. The molecule has 29 heavy (non-hydrogen) atoms. The molecule has 1 aromatic carbocycles. The van der Waals surface area contributed by atoms with E-state index in [1.165, 1.54) is 5.56 Å². The van der Waals surface area contributed by atoms with Crippen LogP contribution >= 0.6 is 24.0 Å². The molecule has 2 aliphatic rings. The van der Waals surface area contributed by atoms with Crippen LogP contribution in [0.2, 0.25) is 0 Å². The molecule has 0 aliphatic carbocycles. The van der Waals surface area contributed by atoms with Crippen molar-refractivity contribution in [3.8, 4) is 0 Å². The third-order valence-electron chi connectivity index (χ3n) is 5.40. The molecule has 2 N–H and O–H groups in total. The Morgan fingerprint density at radius 2 is 2.00 bits per heavy atom. The zero-order chi connectivity index (χ0) is 20.0. The molecule has 2 atom stereocenters. The molecule has 0 bridgehead atoms. The molecule has 3 rings (SSSR count). The number of carbonyl (C=O) groups excluding carboxylic acids is 1. The third-order valence-corrected chi connectivity index (χ3v) is 7.17. The predicted molar refractivity (Wildman–Crippen MR) is 126 cm³/mol. The Kier molecular flexibility index (Phi) is 9.19. The van der Waals surface area contributed by atoms with Crippen molar-refractivity contribution < 1.29 is 13.2 Å². The van der Waals surface area contributed by atoms with Crippen LogP contribution in [0.3, 0.4) is 0 Å². The number of carbonyl (C=O) groups is 1. The maximum atomic E-state index is 12.1. The molecule has 7 nitrogen and oxygen atoms in total. The second-order valence-electron chi connectivity index (χ2n) is 7.68. The zero-order valence-electron chi connectivity index (χ0n) is 16.8. The van der Waals surface area contributed by atoms with E-state index in [0.29, 0.717) is 25.3 Å². The fraction of sp³-hybridized carbons (Fsp3) is 0.600. The van der Waals surface area contributed by atoms with Gasteiger partial charge in [-0.05, 0) is 30.7 Å². The lowest BCUT2D eigenvalue weighted by molar-refractivity contribution is -0.121. The van der Waals surface area contributed by atoms with Crippen LogP contribution in [0.5, 0.6) is 0 Å². The Hall–Kier alpha value is -1.36. The number of benzene rings is 1. The summed E-state index contributed by atoms with van der Waals surface area (Å²) in [5.41, 5.74) is 1.36. The average Bonchev–Trinajstić information content (AvgIpc) is 3.25. The highest BCUT2D eigenvalue weighted by atomic mass is 127. The number of rotatable bonds is 6. The molecule has 0 radical (unpaired) electrons. The van der Waals surface area contributed by atoms with Gasteiger partial charge in [-0.1, -0.05) is 30.3 Å². The van der Waals surface area contributed by atoms with Crippen LogP contribution in [-0.2, 0) is 21.1 Å². The van der Waals surface area contributed by atoms with E-state index < -0.39 is 9.84 Å². The van der Waals surface area contributed by atoms with Crippen LogP contribution in [-0.4, -0.2) is 69.4 Å². The monoisotopic (exact) mass is 534 g/mol. The minimum atomic E-state index is -2.97. The SMILES string of the molecule is CN=C(NCCC(=O)NC1CCS(=O)(=O)C1)N1CCC(Cc2ccccc2)C1.I. The van der Waals surface area contributed by atoms with Gasteiger partial charge in [0.1, 0.15) is 0 Å². The Morgan fingerprint density at radius 1 is 1.24 bits per heavy atom. The van der Waals surface area contributed by atoms with E-state index in [1.54, 1.807) is 7.05 Å². The van der Waals surface area contributed by atoms with E-state index in [9.17, 15) is 13.2 Å². The van der Waals surface area contributed by atoms with E-state index in [1.807, 2.05) is 6.07 Å². The minimum absolute atomic E-state index is 0. The number of hydrogen-bond acceptors (Lipinski definition) is 4. The number of hydrogen-bond donors (Lipinski definition) is 2. The number of aliphatic imine (C=N–C) groups is 1. The smallest absolute Gasteiger partial charge is 0.222 e. The number of nitrogens with zero attached hydrogens (tertiary/aromatic N) is 2. The first-order valence-corrected chi connectivity index (χ1v) is 11.8. The van der Waals surface area contributed by atoms with E-state index in [4.69, 9.17) is 0 Å². The maximum Gasteiger partial charge on any atom is 0.222 e. The third kappa shape index (κ3) is 7.44. The summed E-state index contributed by atoms with van der Waals surface area (Å²) in [4.78, 5) is 18.7. The largest absolute Gasteiger partial charge is 0.356 e. The molecule has 2 heterocycles. The number of likely N-dealkylation sites (tertiary alicyclic amines) is 1. The number of amides is 1. The summed E-state index contributed by atoms with van der Waals surface area (Å²) >= 11 is 0. The van der Waals surface area contributed by atoms with Crippen LogP contribution < -0.4 is 10.6 Å². The van der Waals surface area contributed by atoms with Gasteiger partial charge in [0.25, 0.3) is 0 Å². The Balaban J connectivity index is 0.00000300. The van der Waals surface area contributed by atoms with E-state index in [2.05, 4.69) is 44.8 Å². The standard InChI is InChI=1S/C20H30N4O3S.HI/c1-21-20(22-10-7-19(25)23-18-9-12-28(26,27)15-18)24-11-8-17(14-24)13-16-5-3-2-4-6-16;/h2-6,17-18H,7-15H2,1H3,(H,21,22)(H,23,25);1H. The van der Waals surface area contributed by atoms with Crippen molar-refractivity contribution in [2.24, 2.45) is 10.9 Å². The van der Waals surface area contributed by atoms with Gasteiger partial charge < -0.3 is 15.5 Å². The summed E-state index contributed by atoms with van der Waals surface area (Å²) in [6.45, 7) is 2.40. The van der Waals surface area contributed by atoms with Gasteiger partial charge in [0.2, 0.25) is 5.91 Å². The minimum Gasteiger partial charge on any atom is -0.356 e. The van der Waals surface area contributed by atoms with Crippen molar-refractivity contribution in [2.75, 3.05) is 38.2 Å². The van der Waals surface area contributed by atoms with Gasteiger partial charge in [0.15, 0.2) is 15.8 Å².